The van der Waals surface area contributed by atoms with Crippen LogP contribution in [0.15, 0.2) is 35.7 Å². The highest BCUT2D eigenvalue weighted by Gasteiger charge is 2.13. The van der Waals surface area contributed by atoms with Crippen molar-refractivity contribution in [1.29, 1.82) is 0 Å². The number of hydrogen-bond donors (Lipinski definition) is 1. The van der Waals surface area contributed by atoms with E-state index in [-0.39, 0.29) is 0 Å². The Hall–Kier alpha value is -1.55. The van der Waals surface area contributed by atoms with Gasteiger partial charge in [0, 0.05) is 11.9 Å². The molecule has 0 amide bonds. The third kappa shape index (κ3) is 2.17. The quantitative estimate of drug-likeness (QED) is 0.886. The summed E-state index contributed by atoms with van der Waals surface area (Å²) >= 11 is 1.76. The van der Waals surface area contributed by atoms with Gasteiger partial charge in [-0.25, -0.2) is 4.98 Å². The van der Waals surface area contributed by atoms with Crippen molar-refractivity contribution >= 4 is 23.0 Å². The summed E-state index contributed by atoms with van der Waals surface area (Å²) in [6.45, 7) is 2.16. The van der Waals surface area contributed by atoms with Crippen LogP contribution in [0.3, 0.4) is 0 Å². The average molecular weight is 233 g/mol. The molecule has 0 aliphatic rings. The van der Waals surface area contributed by atoms with Crippen LogP contribution < -0.4 is 10.6 Å². The van der Waals surface area contributed by atoms with Gasteiger partial charge in [0.05, 0.1) is 6.04 Å². The van der Waals surface area contributed by atoms with Gasteiger partial charge in [-0.1, -0.05) is 12.1 Å². The van der Waals surface area contributed by atoms with Crippen LogP contribution in [0.2, 0.25) is 0 Å². The highest BCUT2D eigenvalue weighted by molar-refractivity contribution is 7.10. The molecule has 0 aromatic carbocycles. The van der Waals surface area contributed by atoms with Crippen molar-refractivity contribution in [3.63, 3.8) is 0 Å². The fourth-order valence-electron chi connectivity index (χ4n) is 1.55. The van der Waals surface area contributed by atoms with Crippen LogP contribution in [0.1, 0.15) is 17.8 Å². The monoisotopic (exact) mass is 233 g/mol. The van der Waals surface area contributed by atoms with Crippen LogP contribution in [0.5, 0.6) is 0 Å². The Kier molecular flexibility index (Phi) is 3.10. The van der Waals surface area contributed by atoms with Crippen LogP contribution in [-0.2, 0) is 0 Å². The molecule has 0 fully saturated rings. The van der Waals surface area contributed by atoms with Gasteiger partial charge in [0.25, 0.3) is 0 Å². The lowest BCUT2D eigenvalue weighted by Gasteiger charge is -2.25. The molecule has 1 unspecified atom stereocenters. The number of nitrogen functional groups attached to an aromatic ring is 1. The minimum atomic E-state index is 0.314. The maximum atomic E-state index is 5.68. The van der Waals surface area contributed by atoms with Crippen LogP contribution in [0.25, 0.3) is 0 Å². The Labute approximate surface area is 99.5 Å². The van der Waals surface area contributed by atoms with Gasteiger partial charge in [0.15, 0.2) is 0 Å². The number of pyridine rings is 1. The molecule has 84 valence electrons. The maximum absolute atomic E-state index is 5.68. The van der Waals surface area contributed by atoms with Gasteiger partial charge in [-0.15, -0.1) is 11.3 Å². The number of anilines is 2. The largest absolute Gasteiger partial charge is 0.384 e. The van der Waals surface area contributed by atoms with Gasteiger partial charge in [-0.3, -0.25) is 0 Å². The molecule has 2 aromatic heterocycles. The summed E-state index contributed by atoms with van der Waals surface area (Å²) in [4.78, 5) is 7.77. The summed E-state index contributed by atoms with van der Waals surface area (Å²) in [5.74, 6) is 1.46. The molecule has 2 aromatic rings. The standard InChI is InChI=1S/C12H15N3S/c1-9(10-5-4-8-16-10)15(2)12-7-3-6-11(13)14-12/h3-9H,1-2H3,(H2,13,14). The molecule has 0 radical (unpaired) electrons. The van der Waals surface area contributed by atoms with E-state index in [0.717, 1.165) is 5.82 Å². The van der Waals surface area contributed by atoms with E-state index in [9.17, 15) is 0 Å². The third-order valence-electron chi connectivity index (χ3n) is 2.65. The van der Waals surface area contributed by atoms with Crippen molar-refractivity contribution in [2.75, 3.05) is 17.7 Å². The molecule has 2 N–H and O–H groups in total. The first-order valence-corrected chi connectivity index (χ1v) is 6.05. The van der Waals surface area contributed by atoms with Crippen LogP contribution in [-0.4, -0.2) is 12.0 Å². The van der Waals surface area contributed by atoms with Crippen LogP contribution >= 0.6 is 11.3 Å². The molecule has 0 aliphatic carbocycles. The highest BCUT2D eigenvalue weighted by Crippen LogP contribution is 2.27. The second-order valence-electron chi connectivity index (χ2n) is 3.72. The molecule has 4 heteroatoms. The zero-order valence-electron chi connectivity index (χ0n) is 9.42. The summed E-state index contributed by atoms with van der Waals surface area (Å²) in [5.41, 5.74) is 5.68. The van der Waals surface area contributed by atoms with E-state index in [1.54, 1.807) is 17.4 Å². The van der Waals surface area contributed by atoms with E-state index in [2.05, 4.69) is 34.3 Å². The smallest absolute Gasteiger partial charge is 0.131 e. The average Bonchev–Trinajstić information content (AvgIpc) is 2.80. The van der Waals surface area contributed by atoms with E-state index >= 15 is 0 Å². The second-order valence-corrected chi connectivity index (χ2v) is 4.70. The molecule has 2 rings (SSSR count). The van der Waals surface area contributed by atoms with Crippen molar-refractivity contribution in [3.05, 3.63) is 40.6 Å². The predicted octanol–water partition coefficient (Wildman–Crippen LogP) is 2.92. The van der Waals surface area contributed by atoms with E-state index in [1.165, 1.54) is 4.88 Å². The predicted molar refractivity (Wildman–Crippen MR) is 69.8 cm³/mol. The Morgan fingerprint density at radius 1 is 1.31 bits per heavy atom. The van der Waals surface area contributed by atoms with Gasteiger partial charge in [-0.05, 0) is 30.5 Å². The van der Waals surface area contributed by atoms with E-state index in [0.29, 0.717) is 11.9 Å². The fourth-order valence-corrected chi connectivity index (χ4v) is 2.38. The van der Waals surface area contributed by atoms with Crippen molar-refractivity contribution in [2.45, 2.75) is 13.0 Å². The van der Waals surface area contributed by atoms with E-state index < -0.39 is 0 Å². The first kappa shape index (κ1) is 11.0. The number of nitrogens with zero attached hydrogens (tertiary/aromatic N) is 2. The zero-order valence-corrected chi connectivity index (χ0v) is 10.2. The Bertz CT molecular complexity index is 453. The number of nitrogens with two attached hydrogens (primary N) is 1. The van der Waals surface area contributed by atoms with Gasteiger partial charge < -0.3 is 10.6 Å². The minimum absolute atomic E-state index is 0.314. The second kappa shape index (κ2) is 4.53. The van der Waals surface area contributed by atoms with Crippen molar-refractivity contribution < 1.29 is 0 Å². The molecular weight excluding hydrogens is 218 g/mol. The zero-order chi connectivity index (χ0) is 11.5. The lowest BCUT2D eigenvalue weighted by Crippen LogP contribution is -2.22. The van der Waals surface area contributed by atoms with Crippen LogP contribution in [0, 0.1) is 0 Å². The maximum Gasteiger partial charge on any atom is 0.131 e. The first-order valence-electron chi connectivity index (χ1n) is 5.17. The van der Waals surface area contributed by atoms with E-state index in [1.807, 2.05) is 19.2 Å². The normalized spacial score (nSPS) is 12.4. The molecule has 16 heavy (non-hydrogen) atoms. The summed E-state index contributed by atoms with van der Waals surface area (Å²) < 4.78 is 0. The van der Waals surface area contributed by atoms with Gasteiger partial charge in [0.1, 0.15) is 11.6 Å². The topological polar surface area (TPSA) is 42.1 Å². The molecular formula is C12H15N3S. The summed E-state index contributed by atoms with van der Waals surface area (Å²) in [7, 11) is 2.03. The molecule has 0 bridgehead atoms. The molecule has 0 saturated heterocycles. The van der Waals surface area contributed by atoms with Crippen molar-refractivity contribution in [3.8, 4) is 0 Å². The molecule has 1 atom stereocenters. The minimum Gasteiger partial charge on any atom is -0.384 e. The fraction of sp³-hybridized carbons (Fsp3) is 0.250. The first-order chi connectivity index (χ1) is 7.68. The molecule has 0 spiro atoms. The highest BCUT2D eigenvalue weighted by atomic mass is 32.1. The lowest BCUT2D eigenvalue weighted by molar-refractivity contribution is 0.743. The summed E-state index contributed by atoms with van der Waals surface area (Å²) in [6.07, 6.45) is 0. The van der Waals surface area contributed by atoms with Gasteiger partial charge in [0.2, 0.25) is 0 Å². The Morgan fingerprint density at radius 2 is 2.12 bits per heavy atom. The number of thiophene rings is 1. The molecule has 0 aliphatic heterocycles. The Morgan fingerprint density at radius 3 is 2.75 bits per heavy atom. The molecule has 0 saturated carbocycles. The Balaban J connectivity index is 2.22. The van der Waals surface area contributed by atoms with Crippen LogP contribution in [0.4, 0.5) is 11.6 Å². The van der Waals surface area contributed by atoms with Crippen molar-refractivity contribution in [2.24, 2.45) is 0 Å². The lowest BCUT2D eigenvalue weighted by atomic mass is 10.2. The number of rotatable bonds is 3. The number of hydrogen-bond acceptors (Lipinski definition) is 4. The molecule has 3 nitrogen and oxygen atoms in total. The van der Waals surface area contributed by atoms with Crippen molar-refractivity contribution in [1.82, 2.24) is 4.98 Å². The van der Waals surface area contributed by atoms with Gasteiger partial charge >= 0.3 is 0 Å². The molecule has 2 heterocycles. The third-order valence-corrected chi connectivity index (χ3v) is 3.70. The SMILES string of the molecule is CC(c1cccs1)N(C)c1cccc(N)n1. The summed E-state index contributed by atoms with van der Waals surface area (Å²) in [6, 6.07) is 10.2. The van der Waals surface area contributed by atoms with Gasteiger partial charge in [-0.2, -0.15) is 0 Å². The number of aromatic nitrogens is 1. The summed E-state index contributed by atoms with van der Waals surface area (Å²) in [5, 5.41) is 2.09. The van der Waals surface area contributed by atoms with E-state index in [4.69, 9.17) is 5.73 Å².